The molecule has 0 radical (unpaired) electrons. The van der Waals surface area contributed by atoms with Crippen LogP contribution < -0.4 is 0 Å². The highest BCUT2D eigenvalue weighted by Crippen LogP contribution is 2.14. The number of fused-ring (bicyclic) bond motifs is 1. The highest BCUT2D eigenvalue weighted by Gasteiger charge is 1.99. The summed E-state index contributed by atoms with van der Waals surface area (Å²) < 4.78 is 1.91. The highest BCUT2D eigenvalue weighted by molar-refractivity contribution is 5.46. The molecule has 0 aromatic carbocycles. The molecule has 0 atom stereocenters. The number of rotatable bonds is 1. The van der Waals surface area contributed by atoms with E-state index in [-0.39, 0.29) is 0 Å². The molecule has 2 nitrogen and oxygen atoms in total. The summed E-state index contributed by atoms with van der Waals surface area (Å²) in [5.41, 5.74) is 2.48. The molecular weight excluding hydrogens is 148 g/mol. The maximum absolute atomic E-state index is 4.18. The van der Waals surface area contributed by atoms with Gasteiger partial charge in [0, 0.05) is 12.4 Å². The van der Waals surface area contributed by atoms with Crippen LogP contribution in [0.3, 0.4) is 0 Å². The molecule has 2 rings (SSSR count). The summed E-state index contributed by atoms with van der Waals surface area (Å²) in [5, 5.41) is 4.18. The highest BCUT2D eigenvalue weighted by atomic mass is 15.2. The van der Waals surface area contributed by atoms with E-state index in [1.165, 1.54) is 5.56 Å². The molecule has 0 aliphatic carbocycles. The van der Waals surface area contributed by atoms with Gasteiger partial charge in [0.05, 0.1) is 5.52 Å². The average Bonchev–Trinajstić information content (AvgIpc) is 2.49. The maximum Gasteiger partial charge on any atom is 0.0661 e. The molecule has 2 aromatic rings. The van der Waals surface area contributed by atoms with Crippen LogP contribution in [-0.2, 0) is 0 Å². The SMILES string of the molecule is CC(C)c1ccc2ccnn2c1. The van der Waals surface area contributed by atoms with Crippen molar-refractivity contribution in [3.63, 3.8) is 0 Å². The summed E-state index contributed by atoms with van der Waals surface area (Å²) in [7, 11) is 0. The van der Waals surface area contributed by atoms with Gasteiger partial charge in [-0.05, 0) is 23.6 Å². The summed E-state index contributed by atoms with van der Waals surface area (Å²) in [6.07, 6.45) is 3.90. The second kappa shape index (κ2) is 2.63. The van der Waals surface area contributed by atoms with E-state index in [9.17, 15) is 0 Å². The number of aromatic nitrogens is 2. The van der Waals surface area contributed by atoms with Crippen LogP contribution in [0, 0.1) is 0 Å². The van der Waals surface area contributed by atoms with Gasteiger partial charge in [-0.2, -0.15) is 5.10 Å². The molecule has 0 spiro atoms. The summed E-state index contributed by atoms with van der Waals surface area (Å²) >= 11 is 0. The Hall–Kier alpha value is -1.31. The van der Waals surface area contributed by atoms with Crippen LogP contribution in [-0.4, -0.2) is 9.61 Å². The van der Waals surface area contributed by atoms with Crippen molar-refractivity contribution in [1.29, 1.82) is 0 Å². The Morgan fingerprint density at radius 3 is 2.83 bits per heavy atom. The molecule has 0 fully saturated rings. The number of hydrogen-bond donors (Lipinski definition) is 0. The van der Waals surface area contributed by atoms with E-state index in [1.807, 2.05) is 16.8 Å². The van der Waals surface area contributed by atoms with Crippen LogP contribution in [0.25, 0.3) is 5.52 Å². The monoisotopic (exact) mass is 160 g/mol. The van der Waals surface area contributed by atoms with E-state index in [0.717, 1.165) is 5.52 Å². The number of nitrogens with zero attached hydrogens (tertiary/aromatic N) is 2. The van der Waals surface area contributed by atoms with Crippen molar-refractivity contribution in [2.75, 3.05) is 0 Å². The van der Waals surface area contributed by atoms with E-state index >= 15 is 0 Å². The van der Waals surface area contributed by atoms with Gasteiger partial charge in [0.15, 0.2) is 0 Å². The van der Waals surface area contributed by atoms with E-state index in [2.05, 4.69) is 37.3 Å². The van der Waals surface area contributed by atoms with Crippen molar-refractivity contribution in [2.24, 2.45) is 0 Å². The van der Waals surface area contributed by atoms with Gasteiger partial charge in [0.2, 0.25) is 0 Å². The smallest absolute Gasteiger partial charge is 0.0661 e. The minimum atomic E-state index is 0.568. The molecular formula is C10H12N2. The van der Waals surface area contributed by atoms with Crippen molar-refractivity contribution < 1.29 is 0 Å². The van der Waals surface area contributed by atoms with Gasteiger partial charge in [-0.3, -0.25) is 0 Å². The Labute approximate surface area is 71.8 Å². The van der Waals surface area contributed by atoms with Gasteiger partial charge in [0.25, 0.3) is 0 Å². The molecule has 0 aliphatic rings. The van der Waals surface area contributed by atoms with E-state index in [4.69, 9.17) is 0 Å². The van der Waals surface area contributed by atoms with Crippen LogP contribution in [0.1, 0.15) is 25.3 Å². The third-order valence-corrected chi connectivity index (χ3v) is 2.09. The van der Waals surface area contributed by atoms with Crippen LogP contribution in [0.5, 0.6) is 0 Å². The number of hydrogen-bond acceptors (Lipinski definition) is 1. The molecule has 0 amide bonds. The van der Waals surface area contributed by atoms with Crippen LogP contribution in [0.2, 0.25) is 0 Å². The second-order valence-electron chi connectivity index (χ2n) is 3.32. The van der Waals surface area contributed by atoms with Crippen molar-refractivity contribution >= 4 is 5.52 Å². The first-order valence-electron chi connectivity index (χ1n) is 4.20. The first-order valence-corrected chi connectivity index (χ1v) is 4.20. The molecule has 2 heteroatoms. The predicted molar refractivity (Wildman–Crippen MR) is 49.3 cm³/mol. The fraction of sp³-hybridized carbons (Fsp3) is 0.300. The fourth-order valence-corrected chi connectivity index (χ4v) is 1.27. The standard InChI is InChI=1S/C10H12N2/c1-8(2)9-3-4-10-5-6-11-12(10)7-9/h3-8H,1-2H3. The minimum Gasteiger partial charge on any atom is -0.241 e. The van der Waals surface area contributed by atoms with E-state index in [1.54, 1.807) is 0 Å². The molecule has 0 bridgehead atoms. The normalized spacial score (nSPS) is 11.2. The minimum absolute atomic E-state index is 0.568. The lowest BCUT2D eigenvalue weighted by molar-refractivity contribution is 0.835. The second-order valence-corrected chi connectivity index (χ2v) is 3.32. The van der Waals surface area contributed by atoms with Gasteiger partial charge in [-0.25, -0.2) is 4.52 Å². The van der Waals surface area contributed by atoms with Crippen molar-refractivity contribution in [2.45, 2.75) is 19.8 Å². The van der Waals surface area contributed by atoms with Gasteiger partial charge in [-0.1, -0.05) is 19.9 Å². The quantitative estimate of drug-likeness (QED) is 0.626. The zero-order valence-electron chi connectivity index (χ0n) is 7.36. The molecule has 12 heavy (non-hydrogen) atoms. The van der Waals surface area contributed by atoms with Crippen LogP contribution in [0.4, 0.5) is 0 Å². The van der Waals surface area contributed by atoms with Gasteiger partial charge in [-0.15, -0.1) is 0 Å². The van der Waals surface area contributed by atoms with Gasteiger partial charge < -0.3 is 0 Å². The summed E-state index contributed by atoms with van der Waals surface area (Å²) in [4.78, 5) is 0. The first-order chi connectivity index (χ1) is 5.77. The van der Waals surface area contributed by atoms with Crippen LogP contribution >= 0.6 is 0 Å². The summed E-state index contributed by atoms with van der Waals surface area (Å²) in [5.74, 6) is 0.568. The molecule has 2 heterocycles. The largest absolute Gasteiger partial charge is 0.241 e. The summed E-state index contributed by atoms with van der Waals surface area (Å²) in [6, 6.07) is 6.26. The van der Waals surface area contributed by atoms with Crippen molar-refractivity contribution in [3.05, 3.63) is 36.2 Å². The van der Waals surface area contributed by atoms with Crippen molar-refractivity contribution in [1.82, 2.24) is 9.61 Å². The Morgan fingerprint density at radius 2 is 2.08 bits per heavy atom. The Bertz CT molecular complexity index is 387. The Morgan fingerprint density at radius 1 is 1.25 bits per heavy atom. The third kappa shape index (κ3) is 1.09. The predicted octanol–water partition coefficient (Wildman–Crippen LogP) is 2.46. The first kappa shape index (κ1) is 7.35. The average molecular weight is 160 g/mol. The molecule has 62 valence electrons. The molecule has 0 saturated carbocycles. The molecule has 0 N–H and O–H groups in total. The molecule has 0 aliphatic heterocycles. The van der Waals surface area contributed by atoms with Gasteiger partial charge >= 0.3 is 0 Å². The lowest BCUT2D eigenvalue weighted by Crippen LogP contribution is -1.92. The number of pyridine rings is 1. The molecule has 0 saturated heterocycles. The van der Waals surface area contributed by atoms with Gasteiger partial charge in [0.1, 0.15) is 0 Å². The lowest BCUT2D eigenvalue weighted by atomic mass is 10.1. The van der Waals surface area contributed by atoms with E-state index < -0.39 is 0 Å². The zero-order chi connectivity index (χ0) is 8.55. The molecule has 2 aromatic heterocycles. The fourth-order valence-electron chi connectivity index (χ4n) is 1.27. The molecule has 0 unspecified atom stereocenters. The Balaban J connectivity index is 2.60. The zero-order valence-corrected chi connectivity index (χ0v) is 7.36. The van der Waals surface area contributed by atoms with E-state index in [0.29, 0.717) is 5.92 Å². The maximum atomic E-state index is 4.18. The van der Waals surface area contributed by atoms with Crippen molar-refractivity contribution in [3.8, 4) is 0 Å². The lowest BCUT2D eigenvalue weighted by Gasteiger charge is -2.04. The Kier molecular flexibility index (Phi) is 1.61. The third-order valence-electron chi connectivity index (χ3n) is 2.09. The summed E-state index contributed by atoms with van der Waals surface area (Å²) in [6.45, 7) is 4.37. The van der Waals surface area contributed by atoms with Crippen LogP contribution in [0.15, 0.2) is 30.6 Å². The topological polar surface area (TPSA) is 17.3 Å².